The highest BCUT2D eigenvalue weighted by Crippen LogP contribution is 2.42. The standard InChI is InChI=1S/C19H16Cl2N2O/c20-18-15(23-11-3-4-12-23)7-8-17(19(18)21)24-16-9-10-22-14-6-2-1-5-13(14)16/h1-2,5-10H,3-4,11-12H2. The maximum Gasteiger partial charge on any atom is 0.147 e. The molecule has 0 atom stereocenters. The minimum Gasteiger partial charge on any atom is -0.455 e. The van der Waals surface area contributed by atoms with Gasteiger partial charge in [0.2, 0.25) is 0 Å². The Kier molecular flexibility index (Phi) is 4.21. The summed E-state index contributed by atoms with van der Waals surface area (Å²) in [6.07, 6.45) is 4.11. The van der Waals surface area contributed by atoms with Crippen molar-refractivity contribution < 1.29 is 4.74 Å². The summed E-state index contributed by atoms with van der Waals surface area (Å²) in [4.78, 5) is 6.61. The van der Waals surface area contributed by atoms with Crippen LogP contribution in [0.2, 0.25) is 10.0 Å². The highest BCUT2D eigenvalue weighted by atomic mass is 35.5. The summed E-state index contributed by atoms with van der Waals surface area (Å²) >= 11 is 13.0. The lowest BCUT2D eigenvalue weighted by molar-refractivity contribution is 0.488. The Balaban J connectivity index is 1.70. The van der Waals surface area contributed by atoms with Crippen LogP contribution in [0.4, 0.5) is 5.69 Å². The summed E-state index contributed by atoms with van der Waals surface area (Å²) < 4.78 is 6.05. The molecule has 0 saturated carbocycles. The van der Waals surface area contributed by atoms with E-state index in [0.717, 1.165) is 29.7 Å². The second-order valence-corrected chi connectivity index (χ2v) is 6.59. The van der Waals surface area contributed by atoms with Gasteiger partial charge in [0.05, 0.1) is 16.2 Å². The van der Waals surface area contributed by atoms with Gasteiger partial charge in [-0.3, -0.25) is 4.98 Å². The van der Waals surface area contributed by atoms with E-state index in [1.807, 2.05) is 42.5 Å². The molecular formula is C19H16Cl2N2O. The fraction of sp³-hybridized carbons (Fsp3) is 0.211. The van der Waals surface area contributed by atoms with Crippen LogP contribution in [0.5, 0.6) is 11.5 Å². The summed E-state index contributed by atoms with van der Waals surface area (Å²) in [6, 6.07) is 13.5. The molecular weight excluding hydrogens is 343 g/mol. The summed E-state index contributed by atoms with van der Waals surface area (Å²) in [5.41, 5.74) is 1.86. The molecule has 0 radical (unpaired) electrons. The van der Waals surface area contributed by atoms with Crippen LogP contribution in [0.1, 0.15) is 12.8 Å². The fourth-order valence-corrected chi connectivity index (χ4v) is 3.55. The molecule has 0 amide bonds. The van der Waals surface area contributed by atoms with Crippen molar-refractivity contribution in [2.75, 3.05) is 18.0 Å². The number of ether oxygens (including phenoxy) is 1. The van der Waals surface area contributed by atoms with E-state index >= 15 is 0 Å². The van der Waals surface area contributed by atoms with E-state index in [-0.39, 0.29) is 0 Å². The predicted molar refractivity (Wildman–Crippen MR) is 99.7 cm³/mol. The van der Waals surface area contributed by atoms with Crippen molar-refractivity contribution in [3.05, 3.63) is 58.7 Å². The third-order valence-corrected chi connectivity index (χ3v) is 5.16. The van der Waals surface area contributed by atoms with Crippen molar-refractivity contribution in [1.82, 2.24) is 4.98 Å². The van der Waals surface area contributed by atoms with Gasteiger partial charge in [0, 0.05) is 24.7 Å². The van der Waals surface area contributed by atoms with Crippen LogP contribution in [-0.2, 0) is 0 Å². The van der Waals surface area contributed by atoms with Crippen LogP contribution >= 0.6 is 23.2 Å². The predicted octanol–water partition coefficient (Wildman–Crippen LogP) is 5.93. The molecule has 3 aromatic rings. The summed E-state index contributed by atoms with van der Waals surface area (Å²) in [5, 5.41) is 1.94. The van der Waals surface area contributed by atoms with Gasteiger partial charge in [-0.15, -0.1) is 0 Å². The molecule has 24 heavy (non-hydrogen) atoms. The number of benzene rings is 2. The van der Waals surface area contributed by atoms with E-state index in [0.29, 0.717) is 21.5 Å². The Bertz CT molecular complexity index is 886. The number of hydrogen-bond acceptors (Lipinski definition) is 3. The number of aromatic nitrogens is 1. The fourth-order valence-electron chi connectivity index (χ4n) is 3.08. The third-order valence-electron chi connectivity index (χ3n) is 4.30. The van der Waals surface area contributed by atoms with E-state index in [4.69, 9.17) is 27.9 Å². The lowest BCUT2D eigenvalue weighted by atomic mass is 10.2. The quantitative estimate of drug-likeness (QED) is 0.579. The van der Waals surface area contributed by atoms with Crippen molar-refractivity contribution in [2.24, 2.45) is 0 Å². The maximum absolute atomic E-state index is 6.50. The Morgan fingerprint density at radius 3 is 2.50 bits per heavy atom. The number of fused-ring (bicyclic) bond motifs is 1. The molecule has 5 heteroatoms. The molecule has 0 bridgehead atoms. The minimum absolute atomic E-state index is 0.446. The van der Waals surface area contributed by atoms with Crippen LogP contribution in [0.25, 0.3) is 10.9 Å². The number of nitrogens with zero attached hydrogens (tertiary/aromatic N) is 2. The van der Waals surface area contributed by atoms with Crippen LogP contribution in [-0.4, -0.2) is 18.1 Å². The normalized spacial score (nSPS) is 14.3. The number of hydrogen-bond donors (Lipinski definition) is 0. The van der Waals surface area contributed by atoms with E-state index in [1.54, 1.807) is 6.20 Å². The molecule has 0 unspecified atom stereocenters. The Morgan fingerprint density at radius 2 is 1.67 bits per heavy atom. The maximum atomic E-state index is 6.50. The number of pyridine rings is 1. The monoisotopic (exact) mass is 358 g/mol. The van der Waals surface area contributed by atoms with Crippen molar-refractivity contribution in [2.45, 2.75) is 12.8 Å². The molecule has 1 fully saturated rings. The number of para-hydroxylation sites is 1. The summed E-state index contributed by atoms with van der Waals surface area (Å²) in [7, 11) is 0. The Labute approximate surface area is 150 Å². The topological polar surface area (TPSA) is 25.4 Å². The number of halogens is 2. The van der Waals surface area contributed by atoms with E-state index in [1.165, 1.54) is 12.8 Å². The van der Waals surface area contributed by atoms with E-state index < -0.39 is 0 Å². The molecule has 1 aromatic heterocycles. The Hall–Kier alpha value is -1.97. The largest absolute Gasteiger partial charge is 0.455 e. The Morgan fingerprint density at radius 1 is 0.875 bits per heavy atom. The zero-order valence-corrected chi connectivity index (χ0v) is 14.5. The molecule has 4 rings (SSSR count). The van der Waals surface area contributed by atoms with Gasteiger partial charge in [0.25, 0.3) is 0 Å². The van der Waals surface area contributed by atoms with Crippen molar-refractivity contribution >= 4 is 39.8 Å². The molecule has 1 aliphatic heterocycles. The molecule has 2 aromatic carbocycles. The molecule has 0 spiro atoms. The highest BCUT2D eigenvalue weighted by molar-refractivity contribution is 6.44. The first-order chi connectivity index (χ1) is 11.7. The van der Waals surface area contributed by atoms with Gasteiger partial charge < -0.3 is 9.64 Å². The first kappa shape index (κ1) is 15.6. The van der Waals surface area contributed by atoms with Crippen LogP contribution in [0.15, 0.2) is 48.7 Å². The van der Waals surface area contributed by atoms with Gasteiger partial charge in [-0.2, -0.15) is 0 Å². The molecule has 2 heterocycles. The van der Waals surface area contributed by atoms with Crippen LogP contribution in [0.3, 0.4) is 0 Å². The van der Waals surface area contributed by atoms with E-state index in [2.05, 4.69) is 9.88 Å². The third kappa shape index (κ3) is 2.79. The van der Waals surface area contributed by atoms with Crippen molar-refractivity contribution in [3.8, 4) is 11.5 Å². The van der Waals surface area contributed by atoms with Crippen LogP contribution in [0, 0.1) is 0 Å². The van der Waals surface area contributed by atoms with Crippen molar-refractivity contribution in [3.63, 3.8) is 0 Å². The first-order valence-corrected chi connectivity index (χ1v) is 8.74. The minimum atomic E-state index is 0.446. The molecule has 3 nitrogen and oxygen atoms in total. The lowest BCUT2D eigenvalue weighted by Gasteiger charge is -2.21. The smallest absolute Gasteiger partial charge is 0.147 e. The molecule has 1 saturated heterocycles. The van der Waals surface area contributed by atoms with Crippen molar-refractivity contribution in [1.29, 1.82) is 0 Å². The number of anilines is 1. The highest BCUT2D eigenvalue weighted by Gasteiger charge is 2.19. The summed E-state index contributed by atoms with van der Waals surface area (Å²) in [5.74, 6) is 1.27. The zero-order valence-electron chi connectivity index (χ0n) is 13.0. The van der Waals surface area contributed by atoms with Gasteiger partial charge in [-0.05, 0) is 43.2 Å². The average molecular weight is 359 g/mol. The van der Waals surface area contributed by atoms with Gasteiger partial charge in [0.1, 0.15) is 16.5 Å². The van der Waals surface area contributed by atoms with Crippen LogP contribution < -0.4 is 9.64 Å². The zero-order chi connectivity index (χ0) is 16.5. The van der Waals surface area contributed by atoms with Gasteiger partial charge in [-0.1, -0.05) is 35.3 Å². The summed E-state index contributed by atoms with van der Waals surface area (Å²) in [6.45, 7) is 2.04. The van der Waals surface area contributed by atoms with Gasteiger partial charge in [0.15, 0.2) is 0 Å². The second-order valence-electron chi connectivity index (χ2n) is 5.83. The second kappa shape index (κ2) is 6.50. The SMILES string of the molecule is Clc1c(Oc2ccnc3ccccc23)ccc(N2CCCC2)c1Cl. The van der Waals surface area contributed by atoms with Gasteiger partial charge >= 0.3 is 0 Å². The lowest BCUT2D eigenvalue weighted by Crippen LogP contribution is -2.17. The molecule has 0 N–H and O–H groups in total. The molecule has 1 aliphatic rings. The molecule has 122 valence electrons. The average Bonchev–Trinajstić information content (AvgIpc) is 3.14. The number of rotatable bonds is 3. The first-order valence-electron chi connectivity index (χ1n) is 7.98. The van der Waals surface area contributed by atoms with Gasteiger partial charge in [-0.25, -0.2) is 0 Å². The van der Waals surface area contributed by atoms with E-state index in [9.17, 15) is 0 Å². The molecule has 0 aliphatic carbocycles.